The lowest BCUT2D eigenvalue weighted by atomic mass is 9.78. The summed E-state index contributed by atoms with van der Waals surface area (Å²) in [7, 11) is 0. The van der Waals surface area contributed by atoms with Crippen LogP contribution in [0.2, 0.25) is 0 Å². The highest BCUT2D eigenvalue weighted by Gasteiger charge is 2.34. The molecule has 4 nitrogen and oxygen atoms in total. The minimum atomic E-state index is -0.617. The van der Waals surface area contributed by atoms with E-state index in [2.05, 4.69) is 13.8 Å². The summed E-state index contributed by atoms with van der Waals surface area (Å²) in [5.74, 6) is -1.23. The van der Waals surface area contributed by atoms with E-state index in [1.54, 1.807) is 0 Å². The van der Waals surface area contributed by atoms with Gasteiger partial charge in [-0.15, -0.1) is 0 Å². The third-order valence-electron chi connectivity index (χ3n) is 6.13. The van der Waals surface area contributed by atoms with Crippen molar-refractivity contribution in [1.82, 2.24) is 0 Å². The summed E-state index contributed by atoms with van der Waals surface area (Å²) in [6.07, 6.45) is 11.4. The van der Waals surface area contributed by atoms with Crippen molar-refractivity contribution in [2.24, 2.45) is 10.8 Å². The van der Waals surface area contributed by atoms with Gasteiger partial charge in [-0.1, -0.05) is 80.1 Å². The Morgan fingerprint density at radius 2 is 0.846 bits per heavy atom. The van der Waals surface area contributed by atoms with Crippen LogP contribution in [0, 0.1) is 10.8 Å². The predicted molar refractivity (Wildman–Crippen MR) is 110 cm³/mol. The Labute approximate surface area is 161 Å². The van der Waals surface area contributed by atoms with Crippen LogP contribution in [0.5, 0.6) is 0 Å². The Balaban J connectivity index is 0. The summed E-state index contributed by atoms with van der Waals surface area (Å²) in [6.45, 7) is 12.2. The lowest BCUT2D eigenvalue weighted by Crippen LogP contribution is -2.29. The van der Waals surface area contributed by atoms with Crippen molar-refractivity contribution in [2.45, 2.75) is 119 Å². The second-order valence-corrected chi connectivity index (χ2v) is 7.50. The standard InChI is InChI=1S/2C11H22O2/c2*1-4-7-8-9-11(5-2,6-3)10(12)13/h2*4-9H2,1-3H3,(H,12,13). The van der Waals surface area contributed by atoms with Crippen LogP contribution in [-0.2, 0) is 9.59 Å². The molecule has 2 N–H and O–H groups in total. The molecule has 0 saturated carbocycles. The smallest absolute Gasteiger partial charge is 0.309 e. The molecular formula is C22H44O4. The second kappa shape index (κ2) is 15.0. The third-order valence-corrected chi connectivity index (χ3v) is 6.13. The molecule has 0 bridgehead atoms. The number of rotatable bonds is 14. The summed E-state index contributed by atoms with van der Waals surface area (Å²) in [6, 6.07) is 0. The SMILES string of the molecule is CCCCCC(CC)(CC)C(=O)O.CCCCCC(CC)(CC)C(=O)O. The van der Waals surface area contributed by atoms with Crippen LogP contribution < -0.4 is 0 Å². The quantitative estimate of drug-likeness (QED) is 0.325. The highest BCUT2D eigenvalue weighted by Crippen LogP contribution is 2.33. The third kappa shape index (κ3) is 9.05. The first kappa shape index (κ1) is 27.2. The molecule has 0 radical (unpaired) electrons. The van der Waals surface area contributed by atoms with Gasteiger partial charge in [0.2, 0.25) is 0 Å². The summed E-state index contributed by atoms with van der Waals surface area (Å²) < 4.78 is 0. The molecule has 0 fully saturated rings. The van der Waals surface area contributed by atoms with Gasteiger partial charge < -0.3 is 10.2 Å². The van der Waals surface area contributed by atoms with Gasteiger partial charge in [-0.3, -0.25) is 9.59 Å². The van der Waals surface area contributed by atoms with E-state index >= 15 is 0 Å². The second-order valence-electron chi connectivity index (χ2n) is 7.50. The van der Waals surface area contributed by atoms with Crippen molar-refractivity contribution in [3.63, 3.8) is 0 Å². The van der Waals surface area contributed by atoms with Gasteiger partial charge in [0.05, 0.1) is 10.8 Å². The van der Waals surface area contributed by atoms with Crippen molar-refractivity contribution in [2.75, 3.05) is 0 Å². The maximum Gasteiger partial charge on any atom is 0.309 e. The zero-order chi connectivity index (χ0) is 20.6. The Bertz CT molecular complexity index is 332. The van der Waals surface area contributed by atoms with E-state index in [4.69, 9.17) is 10.2 Å². The van der Waals surface area contributed by atoms with Crippen LogP contribution in [0.15, 0.2) is 0 Å². The van der Waals surface area contributed by atoms with E-state index < -0.39 is 22.8 Å². The van der Waals surface area contributed by atoms with Crippen LogP contribution in [0.3, 0.4) is 0 Å². The molecule has 0 unspecified atom stereocenters. The zero-order valence-corrected chi connectivity index (χ0v) is 18.2. The molecule has 0 aliphatic heterocycles. The van der Waals surface area contributed by atoms with Crippen molar-refractivity contribution < 1.29 is 19.8 Å². The molecule has 156 valence electrons. The van der Waals surface area contributed by atoms with E-state index in [-0.39, 0.29) is 0 Å². The zero-order valence-electron chi connectivity index (χ0n) is 18.2. The molecule has 0 saturated heterocycles. The Kier molecular flexibility index (Phi) is 15.7. The predicted octanol–water partition coefficient (Wildman–Crippen LogP) is 6.92. The number of carboxylic acid groups (broad SMARTS) is 2. The van der Waals surface area contributed by atoms with Gasteiger partial charge in [-0.05, 0) is 38.5 Å². The highest BCUT2D eigenvalue weighted by atomic mass is 16.4. The average molecular weight is 373 g/mol. The molecule has 0 heterocycles. The van der Waals surface area contributed by atoms with Crippen LogP contribution in [-0.4, -0.2) is 22.2 Å². The maximum atomic E-state index is 11.1. The highest BCUT2D eigenvalue weighted by molar-refractivity contribution is 5.74. The van der Waals surface area contributed by atoms with Crippen molar-refractivity contribution in [3.05, 3.63) is 0 Å². The first-order valence-corrected chi connectivity index (χ1v) is 10.7. The van der Waals surface area contributed by atoms with Gasteiger partial charge in [-0.2, -0.15) is 0 Å². The van der Waals surface area contributed by atoms with Crippen LogP contribution in [0.25, 0.3) is 0 Å². The fraction of sp³-hybridized carbons (Fsp3) is 0.909. The molecule has 4 heteroatoms. The Morgan fingerprint density at radius 3 is 1.00 bits per heavy atom. The molecule has 0 aromatic heterocycles. The number of aliphatic carboxylic acids is 2. The van der Waals surface area contributed by atoms with Gasteiger partial charge in [0.1, 0.15) is 0 Å². The van der Waals surface area contributed by atoms with Crippen LogP contribution >= 0.6 is 0 Å². The van der Waals surface area contributed by atoms with Gasteiger partial charge in [-0.25, -0.2) is 0 Å². The summed E-state index contributed by atoms with van der Waals surface area (Å²) in [5.41, 5.74) is -0.898. The number of carboxylic acids is 2. The molecule has 0 aliphatic rings. The van der Waals surface area contributed by atoms with E-state index in [9.17, 15) is 9.59 Å². The molecule has 0 atom stereocenters. The first-order chi connectivity index (χ1) is 12.3. The van der Waals surface area contributed by atoms with Crippen LogP contribution in [0.4, 0.5) is 0 Å². The minimum absolute atomic E-state index is 0.449. The molecule has 0 spiro atoms. The van der Waals surface area contributed by atoms with Gasteiger partial charge in [0.15, 0.2) is 0 Å². The van der Waals surface area contributed by atoms with Crippen LogP contribution in [0.1, 0.15) is 119 Å². The van der Waals surface area contributed by atoms with Crippen molar-refractivity contribution in [1.29, 1.82) is 0 Å². The molecule has 0 aliphatic carbocycles. The summed E-state index contributed by atoms with van der Waals surface area (Å²) in [5, 5.41) is 18.2. The molecule has 0 aromatic carbocycles. The Morgan fingerprint density at radius 1 is 0.577 bits per heavy atom. The molecule has 26 heavy (non-hydrogen) atoms. The average Bonchev–Trinajstić information content (AvgIpc) is 2.63. The largest absolute Gasteiger partial charge is 0.481 e. The minimum Gasteiger partial charge on any atom is -0.481 e. The van der Waals surface area contributed by atoms with Gasteiger partial charge in [0.25, 0.3) is 0 Å². The maximum absolute atomic E-state index is 11.1. The molecule has 0 amide bonds. The normalized spacial score (nSPS) is 11.6. The first-order valence-electron chi connectivity index (χ1n) is 10.7. The van der Waals surface area contributed by atoms with E-state index in [1.165, 1.54) is 0 Å². The Hall–Kier alpha value is -1.06. The monoisotopic (exact) mass is 372 g/mol. The van der Waals surface area contributed by atoms with Crippen molar-refractivity contribution >= 4 is 11.9 Å². The summed E-state index contributed by atoms with van der Waals surface area (Å²) in [4.78, 5) is 22.2. The van der Waals surface area contributed by atoms with Gasteiger partial charge >= 0.3 is 11.9 Å². The lowest BCUT2D eigenvalue weighted by Gasteiger charge is -2.26. The van der Waals surface area contributed by atoms with Gasteiger partial charge in [0, 0.05) is 0 Å². The van der Waals surface area contributed by atoms with E-state index in [0.717, 1.165) is 77.0 Å². The number of unbranched alkanes of at least 4 members (excludes halogenated alkanes) is 4. The fourth-order valence-electron chi connectivity index (χ4n) is 3.45. The lowest BCUT2D eigenvalue weighted by molar-refractivity contribution is -0.151. The van der Waals surface area contributed by atoms with E-state index in [1.807, 2.05) is 27.7 Å². The number of hydrogen-bond acceptors (Lipinski definition) is 2. The van der Waals surface area contributed by atoms with Crippen molar-refractivity contribution in [3.8, 4) is 0 Å². The summed E-state index contributed by atoms with van der Waals surface area (Å²) >= 11 is 0. The topological polar surface area (TPSA) is 74.6 Å². The number of hydrogen-bond donors (Lipinski definition) is 2. The number of carbonyl (C=O) groups is 2. The molecular weight excluding hydrogens is 328 g/mol. The van der Waals surface area contributed by atoms with E-state index in [0.29, 0.717) is 0 Å². The molecule has 0 rings (SSSR count). The molecule has 0 aromatic rings. The fourth-order valence-corrected chi connectivity index (χ4v) is 3.45.